The molecule has 27 heavy (non-hydrogen) atoms. The van der Waals surface area contributed by atoms with Gasteiger partial charge in [0.25, 0.3) is 5.91 Å². The summed E-state index contributed by atoms with van der Waals surface area (Å²) in [6.45, 7) is 5.93. The normalized spacial score (nSPS) is 12.5. The van der Waals surface area contributed by atoms with Crippen LogP contribution in [0.25, 0.3) is 6.08 Å². The molecule has 0 bridgehead atoms. The summed E-state index contributed by atoms with van der Waals surface area (Å²) in [4.78, 5) is 24.6. The summed E-state index contributed by atoms with van der Waals surface area (Å²) in [5.41, 5.74) is 5.09. The summed E-state index contributed by atoms with van der Waals surface area (Å²) in [6, 6.07) is 9.25. The van der Waals surface area contributed by atoms with Crippen LogP contribution in [0.3, 0.4) is 0 Å². The van der Waals surface area contributed by atoms with Crippen molar-refractivity contribution in [1.29, 1.82) is 0 Å². The van der Waals surface area contributed by atoms with Gasteiger partial charge in [0.2, 0.25) is 5.91 Å². The number of rotatable bonds is 4. The minimum Gasteiger partial charge on any atom is -0.488 e. The van der Waals surface area contributed by atoms with Crippen molar-refractivity contribution in [3.8, 4) is 5.75 Å². The monoisotopic (exact) mass is 384 g/mol. The predicted octanol–water partition coefficient (Wildman–Crippen LogP) is 3.80. The lowest BCUT2D eigenvalue weighted by Gasteiger charge is -2.18. The number of hydrogen-bond acceptors (Lipinski definition) is 3. The lowest BCUT2D eigenvalue weighted by atomic mass is 10.1. The lowest BCUT2D eigenvalue weighted by molar-refractivity contribution is -0.121. The Morgan fingerprint density at radius 3 is 2.52 bits per heavy atom. The number of amides is 2. The zero-order valence-electron chi connectivity index (χ0n) is 15.5. The highest BCUT2D eigenvalue weighted by molar-refractivity contribution is 6.30. The van der Waals surface area contributed by atoms with Crippen molar-refractivity contribution in [2.75, 3.05) is 18.5 Å². The number of nitrogens with one attached hydrogen (secondary N) is 2. The zero-order chi connectivity index (χ0) is 19.6. The Morgan fingerprint density at radius 1 is 1.11 bits per heavy atom. The molecule has 2 aromatic rings. The van der Waals surface area contributed by atoms with E-state index in [9.17, 15) is 9.59 Å². The molecule has 1 heterocycles. The Morgan fingerprint density at radius 2 is 1.81 bits per heavy atom. The molecule has 5 nitrogen and oxygen atoms in total. The average Bonchev–Trinajstić information content (AvgIpc) is 2.62. The first-order valence-electron chi connectivity index (χ1n) is 8.62. The fraction of sp³-hybridized carbons (Fsp3) is 0.238. The molecule has 1 aliphatic heterocycles. The van der Waals surface area contributed by atoms with Gasteiger partial charge in [-0.15, -0.1) is 0 Å². The molecule has 0 radical (unpaired) electrons. The molecule has 0 aromatic heterocycles. The van der Waals surface area contributed by atoms with E-state index >= 15 is 0 Å². The first kappa shape index (κ1) is 19.0. The quantitative estimate of drug-likeness (QED) is 0.842. The highest BCUT2D eigenvalue weighted by Crippen LogP contribution is 2.29. The van der Waals surface area contributed by atoms with E-state index in [1.54, 1.807) is 24.3 Å². The molecule has 0 atom stereocenters. The lowest BCUT2D eigenvalue weighted by Crippen LogP contribution is -2.35. The van der Waals surface area contributed by atoms with Crippen LogP contribution in [0.1, 0.15) is 22.3 Å². The van der Waals surface area contributed by atoms with Crippen LogP contribution in [-0.4, -0.2) is 25.0 Å². The van der Waals surface area contributed by atoms with Crippen molar-refractivity contribution in [2.45, 2.75) is 20.8 Å². The number of carbonyl (C=O) groups is 2. The van der Waals surface area contributed by atoms with Crippen molar-refractivity contribution < 1.29 is 14.3 Å². The standard InChI is InChI=1S/C21H21ClN2O3/c1-12-6-13(2)20(14(3)7-12)24-19(25)10-23-21(26)16-8-15-9-17(22)4-5-18(15)27-11-16/h4-9H,10-11H2,1-3H3,(H,23,26)(H,24,25). The summed E-state index contributed by atoms with van der Waals surface area (Å²) in [5.74, 6) is 0.0614. The highest BCUT2D eigenvalue weighted by Gasteiger charge is 2.18. The van der Waals surface area contributed by atoms with Crippen LogP contribution in [0.15, 0.2) is 35.9 Å². The maximum absolute atomic E-state index is 12.4. The maximum atomic E-state index is 12.4. The van der Waals surface area contributed by atoms with Crippen LogP contribution >= 0.6 is 11.6 Å². The number of anilines is 1. The van der Waals surface area contributed by atoms with Crippen molar-refractivity contribution in [3.63, 3.8) is 0 Å². The fourth-order valence-corrected chi connectivity index (χ4v) is 3.29. The second-order valence-electron chi connectivity index (χ2n) is 6.64. The van der Waals surface area contributed by atoms with E-state index < -0.39 is 0 Å². The van der Waals surface area contributed by atoms with Crippen molar-refractivity contribution in [1.82, 2.24) is 5.32 Å². The number of carbonyl (C=O) groups excluding carboxylic acids is 2. The second kappa shape index (κ2) is 7.84. The summed E-state index contributed by atoms with van der Waals surface area (Å²) >= 11 is 5.98. The first-order valence-corrected chi connectivity index (χ1v) is 9.00. The van der Waals surface area contributed by atoms with E-state index in [2.05, 4.69) is 10.6 Å². The van der Waals surface area contributed by atoms with Crippen LogP contribution in [0, 0.1) is 20.8 Å². The van der Waals surface area contributed by atoms with Gasteiger partial charge in [-0.2, -0.15) is 0 Å². The summed E-state index contributed by atoms with van der Waals surface area (Å²) in [6.07, 6.45) is 1.73. The molecule has 0 unspecified atom stereocenters. The SMILES string of the molecule is Cc1cc(C)c(NC(=O)CNC(=O)C2=Cc3cc(Cl)ccc3OC2)c(C)c1. The molecular weight excluding hydrogens is 364 g/mol. The van der Waals surface area contributed by atoms with Gasteiger partial charge in [-0.25, -0.2) is 0 Å². The van der Waals surface area contributed by atoms with Crippen LogP contribution in [-0.2, 0) is 9.59 Å². The van der Waals surface area contributed by atoms with E-state index in [1.807, 2.05) is 32.9 Å². The van der Waals surface area contributed by atoms with E-state index in [-0.39, 0.29) is 25.0 Å². The third kappa shape index (κ3) is 4.49. The molecule has 3 rings (SSSR count). The average molecular weight is 385 g/mol. The molecular formula is C21H21ClN2O3. The van der Waals surface area contributed by atoms with Gasteiger partial charge in [0.15, 0.2) is 0 Å². The summed E-state index contributed by atoms with van der Waals surface area (Å²) in [5, 5.41) is 6.07. The molecule has 6 heteroatoms. The van der Waals surface area contributed by atoms with Gasteiger partial charge in [0, 0.05) is 16.3 Å². The van der Waals surface area contributed by atoms with Gasteiger partial charge in [-0.1, -0.05) is 29.3 Å². The van der Waals surface area contributed by atoms with E-state index in [0.717, 1.165) is 27.9 Å². The smallest absolute Gasteiger partial charge is 0.251 e. The molecule has 0 fully saturated rings. The van der Waals surface area contributed by atoms with Gasteiger partial charge in [0.05, 0.1) is 12.1 Å². The van der Waals surface area contributed by atoms with Gasteiger partial charge in [-0.3, -0.25) is 9.59 Å². The Hall–Kier alpha value is -2.79. The molecule has 140 valence electrons. The number of ether oxygens (including phenoxy) is 1. The van der Waals surface area contributed by atoms with E-state index in [0.29, 0.717) is 16.3 Å². The largest absolute Gasteiger partial charge is 0.488 e. The molecule has 0 aliphatic carbocycles. The van der Waals surface area contributed by atoms with Crippen LogP contribution in [0.4, 0.5) is 5.69 Å². The van der Waals surface area contributed by atoms with E-state index in [1.165, 1.54) is 0 Å². The molecule has 0 saturated carbocycles. The van der Waals surface area contributed by atoms with Gasteiger partial charge < -0.3 is 15.4 Å². The van der Waals surface area contributed by atoms with Crippen LogP contribution < -0.4 is 15.4 Å². The zero-order valence-corrected chi connectivity index (χ0v) is 16.2. The summed E-state index contributed by atoms with van der Waals surface area (Å²) in [7, 11) is 0. The number of benzene rings is 2. The molecule has 0 spiro atoms. The third-order valence-corrected chi connectivity index (χ3v) is 4.56. The number of halogens is 1. The van der Waals surface area contributed by atoms with Crippen molar-refractivity contribution >= 4 is 35.2 Å². The van der Waals surface area contributed by atoms with Crippen LogP contribution in [0.2, 0.25) is 5.02 Å². The second-order valence-corrected chi connectivity index (χ2v) is 7.08. The Kier molecular flexibility index (Phi) is 5.51. The van der Waals surface area contributed by atoms with Gasteiger partial charge in [0.1, 0.15) is 12.4 Å². The third-order valence-electron chi connectivity index (χ3n) is 4.33. The minimum absolute atomic E-state index is 0.120. The van der Waals surface area contributed by atoms with Gasteiger partial charge in [-0.05, 0) is 56.2 Å². The Bertz CT molecular complexity index is 927. The van der Waals surface area contributed by atoms with Crippen molar-refractivity contribution in [3.05, 3.63) is 63.2 Å². The topological polar surface area (TPSA) is 67.4 Å². The molecule has 0 saturated heterocycles. The number of aryl methyl sites for hydroxylation is 3. The Balaban J connectivity index is 1.62. The van der Waals surface area contributed by atoms with E-state index in [4.69, 9.17) is 16.3 Å². The number of fused-ring (bicyclic) bond motifs is 1. The molecule has 2 aromatic carbocycles. The summed E-state index contributed by atoms with van der Waals surface area (Å²) < 4.78 is 5.57. The Labute approximate surface area is 163 Å². The highest BCUT2D eigenvalue weighted by atomic mass is 35.5. The van der Waals surface area contributed by atoms with Gasteiger partial charge >= 0.3 is 0 Å². The first-order chi connectivity index (χ1) is 12.8. The van der Waals surface area contributed by atoms with Crippen molar-refractivity contribution in [2.24, 2.45) is 0 Å². The maximum Gasteiger partial charge on any atom is 0.251 e. The molecule has 2 N–H and O–H groups in total. The predicted molar refractivity (Wildman–Crippen MR) is 107 cm³/mol. The fourth-order valence-electron chi connectivity index (χ4n) is 3.11. The molecule has 2 amide bonds. The van der Waals surface area contributed by atoms with Crippen LogP contribution in [0.5, 0.6) is 5.75 Å². The molecule has 1 aliphatic rings. The minimum atomic E-state index is -0.340. The number of hydrogen-bond donors (Lipinski definition) is 2.